The van der Waals surface area contributed by atoms with E-state index in [4.69, 9.17) is 9.47 Å². The lowest BCUT2D eigenvalue weighted by molar-refractivity contribution is -0.142. The lowest BCUT2D eigenvalue weighted by Crippen LogP contribution is -2.54. The number of para-hydroxylation sites is 1. The number of hydrogen-bond acceptors (Lipinski definition) is 4. The standard InChI is InChI=1S/C19H27NO3/c1-7-9-15(18(21)23-6)20-17-14(10-8-11-16(17)22-5)13(2)12-19(20,3)4/h8,10-12,15H,7,9H2,1-6H3/t15-/m0/s1. The first-order valence-electron chi connectivity index (χ1n) is 8.11. The third kappa shape index (κ3) is 3.07. The summed E-state index contributed by atoms with van der Waals surface area (Å²) in [5.74, 6) is 0.581. The van der Waals surface area contributed by atoms with Crippen LogP contribution in [0.15, 0.2) is 24.3 Å². The number of rotatable bonds is 5. The monoisotopic (exact) mass is 317 g/mol. The van der Waals surface area contributed by atoms with E-state index in [1.54, 1.807) is 7.11 Å². The predicted molar refractivity (Wildman–Crippen MR) is 93.9 cm³/mol. The van der Waals surface area contributed by atoms with E-state index in [2.05, 4.69) is 44.7 Å². The van der Waals surface area contributed by atoms with Crippen LogP contribution in [0.5, 0.6) is 5.75 Å². The van der Waals surface area contributed by atoms with Crippen LogP contribution in [-0.2, 0) is 9.53 Å². The molecule has 4 nitrogen and oxygen atoms in total. The Morgan fingerprint density at radius 2 is 2.00 bits per heavy atom. The van der Waals surface area contributed by atoms with E-state index in [-0.39, 0.29) is 17.6 Å². The average molecular weight is 317 g/mol. The molecule has 1 aromatic carbocycles. The minimum atomic E-state index is -0.334. The minimum absolute atomic E-state index is 0.204. The fourth-order valence-corrected chi connectivity index (χ4v) is 3.54. The number of benzene rings is 1. The van der Waals surface area contributed by atoms with Crippen molar-refractivity contribution >= 4 is 17.2 Å². The average Bonchev–Trinajstić information content (AvgIpc) is 2.52. The molecular weight excluding hydrogens is 290 g/mol. The number of nitrogens with zero attached hydrogens (tertiary/aromatic N) is 1. The van der Waals surface area contributed by atoms with E-state index in [0.29, 0.717) is 0 Å². The molecule has 1 heterocycles. The molecule has 0 bridgehead atoms. The predicted octanol–water partition coefficient (Wildman–Crippen LogP) is 4.04. The molecule has 1 aliphatic heterocycles. The molecule has 0 aliphatic carbocycles. The number of carbonyl (C=O) groups excluding carboxylic acids is 1. The fraction of sp³-hybridized carbons (Fsp3) is 0.526. The van der Waals surface area contributed by atoms with Crippen molar-refractivity contribution in [2.75, 3.05) is 19.1 Å². The van der Waals surface area contributed by atoms with E-state index in [1.165, 1.54) is 12.7 Å². The van der Waals surface area contributed by atoms with Crippen LogP contribution in [0.1, 0.15) is 46.1 Å². The number of fused-ring (bicyclic) bond motifs is 1. The van der Waals surface area contributed by atoms with Crippen LogP contribution in [0.3, 0.4) is 0 Å². The first-order valence-corrected chi connectivity index (χ1v) is 8.11. The maximum atomic E-state index is 12.5. The molecule has 0 saturated heterocycles. The van der Waals surface area contributed by atoms with E-state index in [1.807, 2.05) is 12.1 Å². The molecule has 1 aromatic rings. The van der Waals surface area contributed by atoms with Gasteiger partial charge in [-0.3, -0.25) is 0 Å². The highest BCUT2D eigenvalue weighted by molar-refractivity contribution is 5.89. The van der Waals surface area contributed by atoms with Gasteiger partial charge in [0.2, 0.25) is 0 Å². The topological polar surface area (TPSA) is 38.8 Å². The van der Waals surface area contributed by atoms with Gasteiger partial charge in [-0.25, -0.2) is 4.79 Å². The second-order valence-electron chi connectivity index (χ2n) is 6.54. The Bertz CT molecular complexity index is 619. The molecule has 1 aliphatic rings. The molecule has 0 radical (unpaired) electrons. The van der Waals surface area contributed by atoms with Crippen molar-refractivity contribution in [1.82, 2.24) is 0 Å². The van der Waals surface area contributed by atoms with Gasteiger partial charge in [-0.15, -0.1) is 0 Å². The number of carbonyl (C=O) groups is 1. The number of allylic oxidation sites excluding steroid dienone is 1. The fourth-order valence-electron chi connectivity index (χ4n) is 3.54. The largest absolute Gasteiger partial charge is 0.495 e. The summed E-state index contributed by atoms with van der Waals surface area (Å²) in [6, 6.07) is 5.67. The highest BCUT2D eigenvalue weighted by atomic mass is 16.5. The third-order valence-electron chi connectivity index (χ3n) is 4.42. The molecule has 0 N–H and O–H groups in total. The van der Waals surface area contributed by atoms with Crippen LogP contribution in [0.2, 0.25) is 0 Å². The number of hydrogen-bond donors (Lipinski definition) is 0. The Hall–Kier alpha value is -1.97. The molecule has 0 unspecified atom stereocenters. The van der Waals surface area contributed by atoms with Crippen molar-refractivity contribution in [1.29, 1.82) is 0 Å². The van der Waals surface area contributed by atoms with Crippen LogP contribution in [0.4, 0.5) is 5.69 Å². The molecular formula is C19H27NO3. The molecule has 23 heavy (non-hydrogen) atoms. The van der Waals surface area contributed by atoms with Gasteiger partial charge >= 0.3 is 5.97 Å². The molecule has 0 aromatic heterocycles. The van der Waals surface area contributed by atoms with Gasteiger partial charge in [-0.1, -0.05) is 31.6 Å². The molecule has 0 amide bonds. The second kappa shape index (κ2) is 6.65. The maximum Gasteiger partial charge on any atom is 0.328 e. The summed E-state index contributed by atoms with van der Waals surface area (Å²) in [7, 11) is 3.12. The zero-order chi connectivity index (χ0) is 17.2. The van der Waals surface area contributed by atoms with Crippen LogP contribution in [-0.4, -0.2) is 31.8 Å². The molecule has 0 saturated carbocycles. The highest BCUT2D eigenvalue weighted by Crippen LogP contribution is 2.46. The van der Waals surface area contributed by atoms with Crippen molar-refractivity contribution in [3.05, 3.63) is 29.8 Å². The van der Waals surface area contributed by atoms with E-state index in [9.17, 15) is 4.79 Å². The first kappa shape index (κ1) is 17.4. The SMILES string of the molecule is CCC[C@@H](C(=O)OC)N1c2c(OC)cccc2C(C)=CC1(C)C. The Morgan fingerprint density at radius 3 is 2.57 bits per heavy atom. The molecule has 1 atom stereocenters. The maximum absolute atomic E-state index is 12.5. The van der Waals surface area contributed by atoms with Gasteiger partial charge in [-0.2, -0.15) is 0 Å². The van der Waals surface area contributed by atoms with Gasteiger partial charge in [0.1, 0.15) is 11.8 Å². The Kier molecular flexibility index (Phi) is 5.03. The summed E-state index contributed by atoms with van der Waals surface area (Å²) >= 11 is 0. The van der Waals surface area contributed by atoms with Crippen LogP contribution >= 0.6 is 0 Å². The van der Waals surface area contributed by atoms with Crippen LogP contribution in [0, 0.1) is 0 Å². The van der Waals surface area contributed by atoms with E-state index >= 15 is 0 Å². The summed E-state index contributed by atoms with van der Waals surface area (Å²) in [5.41, 5.74) is 2.97. The minimum Gasteiger partial charge on any atom is -0.495 e. The number of anilines is 1. The van der Waals surface area contributed by atoms with Crippen molar-refractivity contribution < 1.29 is 14.3 Å². The first-order chi connectivity index (χ1) is 10.9. The summed E-state index contributed by atoms with van der Waals surface area (Å²) in [5, 5.41) is 0. The molecule has 0 fully saturated rings. The van der Waals surface area contributed by atoms with Crippen molar-refractivity contribution in [3.63, 3.8) is 0 Å². The molecule has 0 spiro atoms. The molecule has 126 valence electrons. The smallest absolute Gasteiger partial charge is 0.328 e. The summed E-state index contributed by atoms with van der Waals surface area (Å²) in [6.07, 6.45) is 3.85. The van der Waals surface area contributed by atoms with Gasteiger partial charge in [0.05, 0.1) is 25.4 Å². The zero-order valence-electron chi connectivity index (χ0n) is 15.0. The van der Waals surface area contributed by atoms with E-state index in [0.717, 1.165) is 29.8 Å². The van der Waals surface area contributed by atoms with Gasteiger partial charge in [0.15, 0.2) is 0 Å². The Labute approximate surface area is 139 Å². The second-order valence-corrected chi connectivity index (χ2v) is 6.54. The van der Waals surface area contributed by atoms with Crippen LogP contribution in [0.25, 0.3) is 5.57 Å². The molecule has 4 heteroatoms. The van der Waals surface area contributed by atoms with E-state index < -0.39 is 0 Å². The third-order valence-corrected chi connectivity index (χ3v) is 4.42. The van der Waals surface area contributed by atoms with Gasteiger partial charge in [0, 0.05) is 5.56 Å². The van der Waals surface area contributed by atoms with Gasteiger partial charge < -0.3 is 14.4 Å². The number of esters is 1. The quantitative estimate of drug-likeness (QED) is 0.768. The van der Waals surface area contributed by atoms with Crippen molar-refractivity contribution in [3.8, 4) is 5.75 Å². The summed E-state index contributed by atoms with van der Waals surface area (Å²) < 4.78 is 10.7. The van der Waals surface area contributed by atoms with Gasteiger partial charge in [0.25, 0.3) is 0 Å². The Balaban J connectivity index is 2.68. The zero-order valence-corrected chi connectivity index (χ0v) is 15.0. The van der Waals surface area contributed by atoms with Crippen molar-refractivity contribution in [2.24, 2.45) is 0 Å². The number of methoxy groups -OCH3 is 2. The van der Waals surface area contributed by atoms with Crippen molar-refractivity contribution in [2.45, 2.75) is 52.1 Å². The van der Waals surface area contributed by atoms with Crippen LogP contribution < -0.4 is 9.64 Å². The lowest BCUT2D eigenvalue weighted by Gasteiger charge is -2.47. The normalized spacial score (nSPS) is 17.1. The highest BCUT2D eigenvalue weighted by Gasteiger charge is 2.40. The molecule has 2 rings (SSSR count). The summed E-state index contributed by atoms with van der Waals surface area (Å²) in [4.78, 5) is 14.6. The number of ether oxygens (including phenoxy) is 2. The lowest BCUT2D eigenvalue weighted by atomic mass is 9.86. The van der Waals surface area contributed by atoms with Gasteiger partial charge in [-0.05, 0) is 38.8 Å². The Morgan fingerprint density at radius 1 is 1.30 bits per heavy atom. The summed E-state index contributed by atoms with van der Waals surface area (Å²) in [6.45, 7) is 8.43.